The number of anilines is 2. The number of amides is 1. The van der Waals surface area contributed by atoms with Crippen LogP contribution in [0.4, 0.5) is 11.5 Å². The van der Waals surface area contributed by atoms with Gasteiger partial charge in [-0.2, -0.15) is 13.2 Å². The van der Waals surface area contributed by atoms with Gasteiger partial charge in [0.1, 0.15) is 57.3 Å². The topological polar surface area (TPSA) is 392 Å². The maximum atomic E-state index is 12.9. The van der Waals surface area contributed by atoms with E-state index in [1.54, 1.807) is 22.8 Å². The number of aliphatic hydroxyl groups is 2. The van der Waals surface area contributed by atoms with Gasteiger partial charge in [0, 0.05) is 61.8 Å². The van der Waals surface area contributed by atoms with Gasteiger partial charge in [-0.1, -0.05) is 12.8 Å². The second-order valence-corrected chi connectivity index (χ2v) is 22.6. The Hall–Kier alpha value is -4.86. The molecule has 5 aromatic rings. The Labute approximate surface area is 418 Å². The molecule has 400 valence electrons. The molecule has 5 heterocycles. The van der Waals surface area contributed by atoms with Gasteiger partial charge >= 0.3 is 29.1 Å². The smallest absolute Gasteiger partial charge is 0.490 e. The number of phosphoric ester groups is 2. The first-order chi connectivity index (χ1) is 34.5. The van der Waals surface area contributed by atoms with Crippen molar-refractivity contribution in [2.24, 2.45) is 0 Å². The Morgan fingerprint density at radius 3 is 2.36 bits per heavy atom. The van der Waals surface area contributed by atoms with E-state index >= 15 is 0 Å². The standard InChI is InChI=1S/C42H57N8O19P3S/c1-3-48(4-2)31-16-13-28-22-29(42(54)67-33(28)23-31)14-15-30-17-18-32(73(61,62)63)24-49(30)20-10-7-8-12-35(51)44-19-9-5-6-11-21-64-70(55,56)68-72(59,60)69-71(57,58)65-25-34-37(52)38(53)41(66-34)50-27-47-36-39(43)45-26-46-40(36)50/h13-18,22-24,26-27,34,37-38,41,52-53H,3-12,19-21,25H2,1-2H3,(H6-,43,44,45,46,51,55,56,57,58,59,60,61,62,63)/t34-,37-,38-,41-/m1/s1. The van der Waals surface area contributed by atoms with Crippen LogP contribution in [0, 0.1) is 0 Å². The van der Waals surface area contributed by atoms with E-state index in [4.69, 9.17) is 14.9 Å². The van der Waals surface area contributed by atoms with E-state index in [0.717, 1.165) is 30.5 Å². The number of imidazole rings is 1. The molecule has 1 aliphatic rings. The average Bonchev–Trinajstić information content (AvgIpc) is 3.87. The molecule has 0 radical (unpaired) electrons. The van der Waals surface area contributed by atoms with E-state index in [-0.39, 0.29) is 41.3 Å². The van der Waals surface area contributed by atoms with Gasteiger partial charge in [-0.3, -0.25) is 18.4 Å². The van der Waals surface area contributed by atoms with Crippen molar-refractivity contribution in [3.63, 3.8) is 0 Å². The lowest BCUT2D eigenvalue weighted by molar-refractivity contribution is -0.700. The predicted octanol–water partition coefficient (Wildman–Crippen LogP) is 3.65. The van der Waals surface area contributed by atoms with E-state index in [2.05, 4.69) is 42.8 Å². The van der Waals surface area contributed by atoms with E-state index in [9.17, 15) is 61.1 Å². The van der Waals surface area contributed by atoms with E-state index in [1.807, 2.05) is 32.0 Å². The Balaban J connectivity index is 0.853. The molecule has 7 atom stereocenters. The minimum absolute atomic E-state index is 0.0236. The molecule has 73 heavy (non-hydrogen) atoms. The van der Waals surface area contributed by atoms with Crippen LogP contribution in [0.15, 0.2) is 69.4 Å². The van der Waals surface area contributed by atoms with Crippen LogP contribution < -0.4 is 26.1 Å². The van der Waals surface area contributed by atoms with Crippen molar-refractivity contribution in [2.75, 3.05) is 43.5 Å². The quantitative estimate of drug-likeness (QED) is 0.0124. The Morgan fingerprint density at radius 2 is 1.63 bits per heavy atom. The van der Waals surface area contributed by atoms with Crippen molar-refractivity contribution in [2.45, 2.75) is 101 Å². The van der Waals surface area contributed by atoms with Gasteiger partial charge in [-0.25, -0.2) is 41.9 Å². The number of hydrogen-bond acceptors (Lipinski definition) is 21. The zero-order valence-corrected chi connectivity index (χ0v) is 43.0. The van der Waals surface area contributed by atoms with Gasteiger partial charge in [0.25, 0.3) is 0 Å². The first kappa shape index (κ1) is 57.4. The number of fused-ring (bicyclic) bond motifs is 2. The fourth-order valence-corrected chi connectivity index (χ4v) is 11.7. The molecule has 1 amide bonds. The van der Waals surface area contributed by atoms with E-state index < -0.39 is 81.9 Å². The summed E-state index contributed by atoms with van der Waals surface area (Å²) in [7, 11) is -21.4. The summed E-state index contributed by atoms with van der Waals surface area (Å²) >= 11 is 0. The molecule has 1 fully saturated rings. The van der Waals surface area contributed by atoms with Crippen LogP contribution in [0.25, 0.3) is 34.3 Å². The molecule has 6 rings (SSSR count). The van der Waals surface area contributed by atoms with Crippen molar-refractivity contribution in [3.05, 3.63) is 76.9 Å². The number of hydrogen-bond donors (Lipinski definition) is 7. The number of benzene rings is 1. The highest BCUT2D eigenvalue weighted by atomic mass is 32.2. The summed E-state index contributed by atoms with van der Waals surface area (Å²) in [6.07, 6.45) is 4.04. The average molecular weight is 1100 g/mol. The number of aromatic nitrogens is 5. The van der Waals surface area contributed by atoms with Crippen molar-refractivity contribution in [1.29, 1.82) is 0 Å². The zero-order chi connectivity index (χ0) is 53.1. The molecule has 27 nitrogen and oxygen atoms in total. The van der Waals surface area contributed by atoms with Crippen LogP contribution in [0.5, 0.6) is 0 Å². The third-order valence-corrected chi connectivity index (χ3v) is 16.5. The second-order valence-electron chi connectivity index (χ2n) is 16.6. The minimum atomic E-state index is -5.80. The molecule has 1 aliphatic heterocycles. The second kappa shape index (κ2) is 25.1. The van der Waals surface area contributed by atoms with Gasteiger partial charge in [0.2, 0.25) is 11.6 Å². The fraction of sp³-hybridized carbons (Fsp3) is 0.476. The number of nitrogen functional groups attached to an aromatic ring is 1. The number of phosphoric acid groups is 3. The number of rotatable bonds is 28. The van der Waals surface area contributed by atoms with Gasteiger partial charge in [-0.05, 0) is 69.9 Å². The molecule has 1 saturated heterocycles. The van der Waals surface area contributed by atoms with Crippen LogP contribution in [0.2, 0.25) is 0 Å². The molecular formula is C42H57N8O19P3S. The fourth-order valence-electron chi connectivity index (χ4n) is 7.68. The lowest BCUT2D eigenvalue weighted by Crippen LogP contribution is -2.37. The molecule has 3 unspecified atom stereocenters. The molecule has 1 aromatic carbocycles. The number of pyridine rings is 1. The molecule has 0 spiro atoms. The van der Waals surface area contributed by atoms with E-state index in [0.29, 0.717) is 62.9 Å². The number of nitrogens with zero attached hydrogens (tertiary/aromatic N) is 6. The van der Waals surface area contributed by atoms with Crippen LogP contribution >= 0.6 is 23.5 Å². The number of carbonyl (C=O) groups is 1. The van der Waals surface area contributed by atoms with Crippen LogP contribution in [0.1, 0.15) is 82.7 Å². The van der Waals surface area contributed by atoms with Crippen LogP contribution in [0.3, 0.4) is 0 Å². The number of carbonyl (C=O) groups excluding carboxylic acids is 1. The minimum Gasteiger partial charge on any atom is -0.744 e. The summed E-state index contributed by atoms with van der Waals surface area (Å²) < 4.78 is 104. The Kier molecular flexibility index (Phi) is 19.8. The summed E-state index contributed by atoms with van der Waals surface area (Å²) in [6, 6.07) is 10.00. The van der Waals surface area contributed by atoms with Gasteiger partial charge < -0.3 is 54.6 Å². The zero-order valence-electron chi connectivity index (χ0n) is 39.5. The summed E-state index contributed by atoms with van der Waals surface area (Å²) in [5.74, 6) is -0.182. The summed E-state index contributed by atoms with van der Waals surface area (Å²) in [5, 5.41) is 24.5. The van der Waals surface area contributed by atoms with Crippen molar-refractivity contribution in [3.8, 4) is 0 Å². The lowest BCUT2D eigenvalue weighted by Gasteiger charge is -2.20. The number of nitrogens with two attached hydrogens (primary N) is 1. The highest BCUT2D eigenvalue weighted by Crippen LogP contribution is 2.67. The summed E-state index contributed by atoms with van der Waals surface area (Å²) in [5.41, 5.74) is 7.67. The maximum Gasteiger partial charge on any atom is 0.490 e. The molecule has 0 saturated carbocycles. The van der Waals surface area contributed by atoms with Gasteiger partial charge in [0.05, 0.1) is 25.1 Å². The lowest BCUT2D eigenvalue weighted by atomic mass is 10.1. The first-order valence-corrected chi connectivity index (χ1v) is 28.8. The van der Waals surface area contributed by atoms with Crippen LogP contribution in [-0.4, -0.2) is 114 Å². The molecule has 0 bridgehead atoms. The third kappa shape index (κ3) is 16.1. The summed E-state index contributed by atoms with van der Waals surface area (Å²) in [6.45, 7) is 4.84. The van der Waals surface area contributed by atoms with Gasteiger partial charge in [-0.15, -0.1) is 0 Å². The number of nitrogens with one attached hydrogen (secondary N) is 1. The summed E-state index contributed by atoms with van der Waals surface area (Å²) in [4.78, 5) is 68.9. The molecule has 31 heteroatoms. The first-order valence-electron chi connectivity index (χ1n) is 22.9. The monoisotopic (exact) mass is 1100 g/mol. The normalized spacial score (nSPS) is 19.8. The van der Waals surface area contributed by atoms with Crippen LogP contribution in [-0.2, 0) is 57.6 Å². The highest BCUT2D eigenvalue weighted by Gasteiger charge is 2.47. The Bertz CT molecular complexity index is 3080. The highest BCUT2D eigenvalue weighted by molar-refractivity contribution is 7.85. The number of unbranched alkanes of at least 4 members (excludes halogenated alkanes) is 5. The SMILES string of the molecule is CCN(CC)c1ccc2cc(/C=C/c3ccc(S(=O)(=O)[O-])c[n+]3CCCCCC(=O)NCCCCCCOP(=O)(O)OP(=O)(O)OP(=O)(O)OC[C@H]3O[C@@H](n4cnc5c(N)ncnc54)[C@H](O)[C@@H]3O)c(=O)oc2c1. The van der Waals surface area contributed by atoms with Crippen molar-refractivity contribution in [1.82, 2.24) is 24.8 Å². The van der Waals surface area contributed by atoms with Gasteiger partial charge in [0.15, 0.2) is 23.9 Å². The number of aliphatic hydroxyl groups excluding tert-OH is 2. The molecule has 4 aromatic heterocycles. The molecular weight excluding hydrogens is 1050 g/mol. The third-order valence-electron chi connectivity index (χ3n) is 11.4. The largest absolute Gasteiger partial charge is 0.744 e. The van der Waals surface area contributed by atoms with Crippen molar-refractivity contribution >= 4 is 85.3 Å². The molecule has 8 N–H and O–H groups in total. The maximum absolute atomic E-state index is 12.9. The predicted molar refractivity (Wildman–Crippen MR) is 259 cm³/mol. The number of aryl methyl sites for hydroxylation is 1. The molecule has 0 aliphatic carbocycles. The Morgan fingerprint density at radius 1 is 0.918 bits per heavy atom. The van der Waals surface area contributed by atoms with E-state index in [1.165, 1.54) is 29.2 Å². The number of ether oxygens (including phenoxy) is 1. The van der Waals surface area contributed by atoms with Crippen molar-refractivity contribution < 1.29 is 87.7 Å².